The number of carboxylic acid groups (broad SMARTS) is 1. The fraction of sp³-hybridized carbons (Fsp3) is 0.933. The summed E-state index contributed by atoms with van der Waals surface area (Å²) in [5.74, 6) is 2.02. The van der Waals surface area contributed by atoms with Crippen LogP contribution in [0, 0.1) is 17.8 Å². The molecule has 0 aliphatic heterocycles. The number of carboxylic acids is 1. The van der Waals surface area contributed by atoms with E-state index in [9.17, 15) is 4.79 Å². The first-order chi connectivity index (χ1) is 8.72. The zero-order valence-corrected chi connectivity index (χ0v) is 11.2. The molecule has 2 bridgehead atoms. The summed E-state index contributed by atoms with van der Waals surface area (Å²) in [5.41, 5.74) is 0. The van der Waals surface area contributed by atoms with E-state index >= 15 is 0 Å². The highest BCUT2D eigenvalue weighted by Crippen LogP contribution is 2.48. The molecule has 3 unspecified atom stereocenters. The minimum Gasteiger partial charge on any atom is -0.480 e. The van der Waals surface area contributed by atoms with E-state index in [1.165, 1.54) is 51.4 Å². The van der Waals surface area contributed by atoms with E-state index in [4.69, 9.17) is 5.11 Å². The maximum Gasteiger partial charge on any atom is 0.317 e. The molecule has 3 heteroatoms. The zero-order valence-electron chi connectivity index (χ0n) is 11.2. The lowest BCUT2D eigenvalue weighted by Gasteiger charge is -2.33. The quantitative estimate of drug-likeness (QED) is 0.816. The molecule has 18 heavy (non-hydrogen) atoms. The summed E-state index contributed by atoms with van der Waals surface area (Å²) < 4.78 is 0. The number of hydrogen-bond acceptors (Lipinski definition) is 2. The monoisotopic (exact) mass is 251 g/mol. The van der Waals surface area contributed by atoms with E-state index in [2.05, 4.69) is 4.90 Å². The molecule has 0 radical (unpaired) electrons. The predicted octanol–water partition coefficient (Wildman–Crippen LogP) is 2.75. The first-order valence-corrected chi connectivity index (χ1v) is 7.68. The summed E-state index contributed by atoms with van der Waals surface area (Å²) in [6.45, 7) is 1.32. The Morgan fingerprint density at radius 3 is 2.44 bits per heavy atom. The fourth-order valence-electron chi connectivity index (χ4n) is 4.69. The van der Waals surface area contributed by atoms with Crippen LogP contribution in [0.5, 0.6) is 0 Å². The molecule has 0 saturated heterocycles. The highest BCUT2D eigenvalue weighted by molar-refractivity contribution is 5.69. The molecule has 3 aliphatic carbocycles. The van der Waals surface area contributed by atoms with Gasteiger partial charge in [0.1, 0.15) is 0 Å². The SMILES string of the molecule is O=C(O)CN(CC1CC2CCC1C2)C1CCCC1. The maximum absolute atomic E-state index is 11.1. The average molecular weight is 251 g/mol. The first kappa shape index (κ1) is 12.5. The Bertz CT molecular complexity index is 312. The van der Waals surface area contributed by atoms with Crippen LogP contribution in [0.1, 0.15) is 51.4 Å². The Morgan fingerprint density at radius 1 is 1.11 bits per heavy atom. The summed E-state index contributed by atoms with van der Waals surface area (Å²) >= 11 is 0. The van der Waals surface area contributed by atoms with E-state index in [0.717, 1.165) is 24.3 Å². The third-order valence-corrected chi connectivity index (χ3v) is 5.53. The highest BCUT2D eigenvalue weighted by atomic mass is 16.4. The largest absolute Gasteiger partial charge is 0.480 e. The Morgan fingerprint density at radius 2 is 1.89 bits per heavy atom. The van der Waals surface area contributed by atoms with Gasteiger partial charge in [-0.15, -0.1) is 0 Å². The van der Waals surface area contributed by atoms with Crippen molar-refractivity contribution in [3.8, 4) is 0 Å². The van der Waals surface area contributed by atoms with Crippen LogP contribution < -0.4 is 0 Å². The van der Waals surface area contributed by atoms with Crippen molar-refractivity contribution in [3.63, 3.8) is 0 Å². The van der Waals surface area contributed by atoms with Crippen molar-refractivity contribution in [3.05, 3.63) is 0 Å². The van der Waals surface area contributed by atoms with Gasteiger partial charge in [-0.1, -0.05) is 19.3 Å². The van der Waals surface area contributed by atoms with Crippen molar-refractivity contribution in [1.82, 2.24) is 4.90 Å². The van der Waals surface area contributed by atoms with Crippen LogP contribution in [0.2, 0.25) is 0 Å². The van der Waals surface area contributed by atoms with Crippen molar-refractivity contribution in [2.75, 3.05) is 13.1 Å². The smallest absolute Gasteiger partial charge is 0.317 e. The molecule has 3 saturated carbocycles. The number of aliphatic carboxylic acids is 1. The third-order valence-electron chi connectivity index (χ3n) is 5.53. The van der Waals surface area contributed by atoms with Crippen LogP contribution in [0.25, 0.3) is 0 Å². The Balaban J connectivity index is 1.60. The van der Waals surface area contributed by atoms with Gasteiger partial charge in [-0.2, -0.15) is 0 Å². The Hall–Kier alpha value is -0.570. The number of carbonyl (C=O) groups is 1. The molecular formula is C15H25NO2. The normalized spacial score (nSPS) is 35.7. The van der Waals surface area contributed by atoms with Gasteiger partial charge in [-0.05, 0) is 49.9 Å². The summed E-state index contributed by atoms with van der Waals surface area (Å²) in [6.07, 6.45) is 10.6. The summed E-state index contributed by atoms with van der Waals surface area (Å²) in [4.78, 5) is 13.4. The first-order valence-electron chi connectivity index (χ1n) is 7.68. The second-order valence-electron chi connectivity index (χ2n) is 6.70. The van der Waals surface area contributed by atoms with E-state index in [1.54, 1.807) is 0 Å². The van der Waals surface area contributed by atoms with Crippen molar-refractivity contribution in [2.45, 2.75) is 57.4 Å². The van der Waals surface area contributed by atoms with Crippen LogP contribution in [0.15, 0.2) is 0 Å². The van der Waals surface area contributed by atoms with Gasteiger partial charge in [0.2, 0.25) is 0 Å². The molecule has 0 aromatic carbocycles. The van der Waals surface area contributed by atoms with E-state index in [1.807, 2.05) is 0 Å². The molecule has 3 rings (SSSR count). The van der Waals surface area contributed by atoms with Crippen molar-refractivity contribution in [2.24, 2.45) is 17.8 Å². The molecule has 0 heterocycles. The van der Waals surface area contributed by atoms with Gasteiger partial charge in [-0.3, -0.25) is 9.69 Å². The number of hydrogen-bond donors (Lipinski definition) is 1. The number of nitrogens with zero attached hydrogens (tertiary/aromatic N) is 1. The molecule has 3 aliphatic rings. The Kier molecular flexibility index (Phi) is 3.60. The maximum atomic E-state index is 11.1. The topological polar surface area (TPSA) is 40.5 Å². The van der Waals surface area contributed by atoms with Gasteiger partial charge in [0, 0.05) is 12.6 Å². The van der Waals surface area contributed by atoms with Gasteiger partial charge in [-0.25, -0.2) is 0 Å². The van der Waals surface area contributed by atoms with Crippen molar-refractivity contribution < 1.29 is 9.90 Å². The highest BCUT2D eigenvalue weighted by Gasteiger charge is 2.41. The standard InChI is InChI=1S/C15H25NO2/c17-15(18)10-16(14-3-1-2-4-14)9-13-8-11-5-6-12(13)7-11/h11-14H,1-10H2,(H,17,18). The Labute approximate surface area is 110 Å². The van der Waals surface area contributed by atoms with Crippen molar-refractivity contribution >= 4 is 5.97 Å². The van der Waals surface area contributed by atoms with E-state index < -0.39 is 5.97 Å². The molecule has 0 amide bonds. The molecule has 3 nitrogen and oxygen atoms in total. The second kappa shape index (κ2) is 5.20. The van der Waals surface area contributed by atoms with Gasteiger partial charge in [0.05, 0.1) is 6.54 Å². The molecule has 102 valence electrons. The summed E-state index contributed by atoms with van der Waals surface area (Å²) in [7, 11) is 0. The summed E-state index contributed by atoms with van der Waals surface area (Å²) in [5, 5.41) is 9.11. The van der Waals surface area contributed by atoms with E-state index in [0.29, 0.717) is 6.04 Å². The lowest BCUT2D eigenvalue weighted by atomic mass is 9.88. The van der Waals surface area contributed by atoms with Gasteiger partial charge in [0.15, 0.2) is 0 Å². The average Bonchev–Trinajstić information content (AvgIpc) is 3.05. The fourth-order valence-corrected chi connectivity index (χ4v) is 4.69. The zero-order chi connectivity index (χ0) is 12.5. The minimum atomic E-state index is -0.648. The van der Waals surface area contributed by atoms with Gasteiger partial charge >= 0.3 is 5.97 Å². The summed E-state index contributed by atoms with van der Waals surface area (Å²) in [6, 6.07) is 0.556. The van der Waals surface area contributed by atoms with Crippen LogP contribution in [0.4, 0.5) is 0 Å². The molecule has 0 aromatic heterocycles. The van der Waals surface area contributed by atoms with Gasteiger partial charge in [0.25, 0.3) is 0 Å². The second-order valence-corrected chi connectivity index (χ2v) is 6.70. The minimum absolute atomic E-state index is 0.262. The third kappa shape index (κ3) is 2.56. The molecule has 0 aromatic rings. The van der Waals surface area contributed by atoms with Gasteiger partial charge < -0.3 is 5.11 Å². The number of rotatable bonds is 5. The molecule has 1 N–H and O–H groups in total. The van der Waals surface area contributed by atoms with Crippen LogP contribution in [0.3, 0.4) is 0 Å². The lowest BCUT2D eigenvalue weighted by Crippen LogP contribution is -2.41. The lowest BCUT2D eigenvalue weighted by molar-refractivity contribution is -0.139. The molecular weight excluding hydrogens is 226 g/mol. The van der Waals surface area contributed by atoms with Crippen LogP contribution >= 0.6 is 0 Å². The van der Waals surface area contributed by atoms with Crippen LogP contribution in [-0.2, 0) is 4.79 Å². The molecule has 3 atom stereocenters. The van der Waals surface area contributed by atoms with Crippen molar-refractivity contribution in [1.29, 1.82) is 0 Å². The predicted molar refractivity (Wildman–Crippen MR) is 70.4 cm³/mol. The molecule has 3 fully saturated rings. The van der Waals surface area contributed by atoms with E-state index in [-0.39, 0.29) is 6.54 Å². The van der Waals surface area contributed by atoms with Crippen LogP contribution in [-0.4, -0.2) is 35.1 Å². The molecule has 0 spiro atoms. The number of fused-ring (bicyclic) bond motifs is 2.